The van der Waals surface area contributed by atoms with Gasteiger partial charge in [-0.1, -0.05) is 36.4 Å². The first-order chi connectivity index (χ1) is 12.4. The van der Waals surface area contributed by atoms with Gasteiger partial charge in [-0.15, -0.1) is 0 Å². The van der Waals surface area contributed by atoms with E-state index in [4.69, 9.17) is 4.74 Å². The minimum absolute atomic E-state index is 0.0543. The van der Waals surface area contributed by atoms with Crippen molar-refractivity contribution in [1.29, 1.82) is 5.26 Å². The third-order valence-electron chi connectivity index (χ3n) is 5.07. The van der Waals surface area contributed by atoms with Gasteiger partial charge < -0.3 is 9.64 Å². The number of fused-ring (bicyclic) bond motifs is 1. The van der Waals surface area contributed by atoms with Gasteiger partial charge >= 0.3 is 0 Å². The van der Waals surface area contributed by atoms with Crippen molar-refractivity contribution in [3.05, 3.63) is 65.2 Å². The number of likely N-dealkylation sites (N-methyl/N-ethyl adjacent to an activating group) is 1. The fourth-order valence-corrected chi connectivity index (χ4v) is 3.44. The molecule has 0 fully saturated rings. The van der Waals surface area contributed by atoms with Gasteiger partial charge in [0.05, 0.1) is 24.3 Å². The monoisotopic (exact) mass is 344 g/mol. The maximum absolute atomic E-state index is 9.63. The molecule has 3 rings (SSSR count). The Morgan fingerprint density at radius 3 is 2.50 bits per heavy atom. The molecule has 0 spiro atoms. The van der Waals surface area contributed by atoms with Gasteiger partial charge in [-0.25, -0.2) is 0 Å². The highest BCUT2D eigenvalue weighted by molar-refractivity contribution is 5.93. The summed E-state index contributed by atoms with van der Waals surface area (Å²) in [6.07, 6.45) is 4.18. The van der Waals surface area contributed by atoms with E-state index in [0.717, 1.165) is 22.6 Å². The normalized spacial score (nSPS) is 15.8. The van der Waals surface area contributed by atoms with E-state index in [-0.39, 0.29) is 5.54 Å². The van der Waals surface area contributed by atoms with Crippen LogP contribution in [0, 0.1) is 11.3 Å². The largest absolute Gasteiger partial charge is 0.496 e. The lowest BCUT2D eigenvalue weighted by Crippen LogP contribution is -2.42. The van der Waals surface area contributed by atoms with Crippen LogP contribution in [0.4, 0.5) is 5.69 Å². The van der Waals surface area contributed by atoms with E-state index < -0.39 is 0 Å². The number of nitrogens with zero attached hydrogens (tertiary/aromatic N) is 2. The number of allylic oxidation sites excluding steroid dienone is 2. The molecule has 1 aliphatic heterocycles. The Hall–Kier alpha value is -2.99. The number of rotatable bonds is 3. The van der Waals surface area contributed by atoms with Crippen molar-refractivity contribution in [3.63, 3.8) is 0 Å². The van der Waals surface area contributed by atoms with Crippen LogP contribution in [0.25, 0.3) is 17.2 Å². The second kappa shape index (κ2) is 6.72. The Balaban J connectivity index is 2.17. The van der Waals surface area contributed by atoms with E-state index in [1.807, 2.05) is 36.4 Å². The third-order valence-corrected chi connectivity index (χ3v) is 5.07. The van der Waals surface area contributed by atoms with Gasteiger partial charge in [0, 0.05) is 29.9 Å². The van der Waals surface area contributed by atoms with Crippen molar-refractivity contribution in [3.8, 4) is 11.8 Å². The number of hydrogen-bond acceptors (Lipinski definition) is 3. The van der Waals surface area contributed by atoms with Crippen molar-refractivity contribution in [2.24, 2.45) is 0 Å². The smallest absolute Gasteiger partial charge is 0.128 e. The fraction of sp³-hybridized carbons (Fsp3) is 0.261. The number of ether oxygens (including phenoxy) is 1. The molecule has 0 saturated heterocycles. The molecule has 1 heterocycles. The molecule has 1 aliphatic rings. The van der Waals surface area contributed by atoms with E-state index in [1.54, 1.807) is 7.11 Å². The van der Waals surface area contributed by atoms with Crippen molar-refractivity contribution in [2.75, 3.05) is 19.1 Å². The lowest BCUT2D eigenvalue weighted by Gasteiger charge is -2.41. The lowest BCUT2D eigenvalue weighted by molar-refractivity contribution is 0.413. The molecule has 0 unspecified atom stereocenters. The van der Waals surface area contributed by atoms with Gasteiger partial charge in [-0.05, 0) is 44.1 Å². The zero-order valence-electron chi connectivity index (χ0n) is 16.0. The second-order valence-corrected chi connectivity index (χ2v) is 7.19. The summed E-state index contributed by atoms with van der Waals surface area (Å²) >= 11 is 0. The maximum atomic E-state index is 9.63. The number of anilines is 1. The quantitative estimate of drug-likeness (QED) is 0.553. The van der Waals surface area contributed by atoms with Crippen molar-refractivity contribution in [1.82, 2.24) is 0 Å². The highest BCUT2D eigenvalue weighted by Gasteiger charge is 2.29. The van der Waals surface area contributed by atoms with Gasteiger partial charge in [-0.2, -0.15) is 5.26 Å². The standard InChI is InChI=1S/C23H24N2O/c1-16-14-23(2,3)25(4)21-13-22(26-5)18(12-20(16)21)11-19(15-24)17-9-7-6-8-10-17/h6-14H,1-5H3/b19-11-. The topological polar surface area (TPSA) is 36.3 Å². The molecular formula is C23H24N2O. The van der Waals surface area contributed by atoms with Gasteiger partial charge in [0.25, 0.3) is 0 Å². The first-order valence-electron chi connectivity index (χ1n) is 8.70. The first kappa shape index (κ1) is 17.8. The van der Waals surface area contributed by atoms with E-state index in [2.05, 4.69) is 57.0 Å². The molecule has 0 radical (unpaired) electrons. The van der Waals surface area contributed by atoms with Crippen molar-refractivity contribution < 1.29 is 4.74 Å². The van der Waals surface area contributed by atoms with Gasteiger partial charge in [0.15, 0.2) is 0 Å². The van der Waals surface area contributed by atoms with Crippen molar-refractivity contribution in [2.45, 2.75) is 26.3 Å². The molecule has 26 heavy (non-hydrogen) atoms. The fourth-order valence-electron chi connectivity index (χ4n) is 3.44. The number of nitriles is 1. The predicted octanol–water partition coefficient (Wildman–Crippen LogP) is 5.39. The van der Waals surface area contributed by atoms with Gasteiger partial charge in [0.2, 0.25) is 0 Å². The number of hydrogen-bond donors (Lipinski definition) is 0. The molecule has 2 aromatic rings. The Bertz CT molecular complexity index is 931. The molecule has 0 saturated carbocycles. The Labute approximate surface area is 155 Å². The lowest BCUT2D eigenvalue weighted by atomic mass is 9.88. The maximum Gasteiger partial charge on any atom is 0.128 e. The molecule has 132 valence electrons. The summed E-state index contributed by atoms with van der Waals surface area (Å²) in [6.45, 7) is 6.53. The highest BCUT2D eigenvalue weighted by Crippen LogP contribution is 2.42. The van der Waals surface area contributed by atoms with Crippen LogP contribution in [-0.4, -0.2) is 19.7 Å². The van der Waals surface area contributed by atoms with Crippen LogP contribution in [0.1, 0.15) is 37.5 Å². The van der Waals surface area contributed by atoms with E-state index in [9.17, 15) is 5.26 Å². The molecule has 0 bridgehead atoms. The minimum Gasteiger partial charge on any atom is -0.496 e. The Morgan fingerprint density at radius 2 is 1.88 bits per heavy atom. The van der Waals surface area contributed by atoms with Crippen LogP contribution in [0.2, 0.25) is 0 Å². The van der Waals surface area contributed by atoms with Crippen LogP contribution in [0.15, 0.2) is 48.5 Å². The van der Waals surface area contributed by atoms with Crippen LogP contribution in [0.3, 0.4) is 0 Å². The van der Waals surface area contributed by atoms with E-state index in [0.29, 0.717) is 5.57 Å². The summed E-state index contributed by atoms with van der Waals surface area (Å²) < 4.78 is 5.64. The molecule has 0 atom stereocenters. The second-order valence-electron chi connectivity index (χ2n) is 7.19. The summed E-state index contributed by atoms with van der Waals surface area (Å²) in [4.78, 5) is 2.26. The molecular weight excluding hydrogens is 320 g/mol. The van der Waals surface area contributed by atoms with Crippen LogP contribution < -0.4 is 9.64 Å². The zero-order valence-corrected chi connectivity index (χ0v) is 16.0. The van der Waals surface area contributed by atoms with Crippen molar-refractivity contribution >= 4 is 22.9 Å². The zero-order chi connectivity index (χ0) is 18.9. The van der Waals surface area contributed by atoms with E-state index >= 15 is 0 Å². The Morgan fingerprint density at radius 1 is 1.19 bits per heavy atom. The average Bonchev–Trinajstić information content (AvgIpc) is 2.64. The minimum atomic E-state index is -0.0543. The SMILES string of the molecule is COc1cc2c(cc1/C=C(/C#N)c1ccccc1)C(C)=CC(C)(C)N2C. The Kier molecular flexibility index (Phi) is 4.61. The third kappa shape index (κ3) is 3.11. The number of methoxy groups -OCH3 is 1. The van der Waals surface area contributed by atoms with Crippen LogP contribution in [-0.2, 0) is 0 Å². The summed E-state index contributed by atoms with van der Waals surface area (Å²) in [5, 5.41) is 9.63. The highest BCUT2D eigenvalue weighted by atomic mass is 16.5. The average molecular weight is 344 g/mol. The number of benzene rings is 2. The van der Waals surface area contributed by atoms with Gasteiger partial charge in [0.1, 0.15) is 5.75 Å². The summed E-state index contributed by atoms with van der Waals surface area (Å²) in [5.41, 5.74) is 5.93. The molecule has 3 nitrogen and oxygen atoms in total. The first-order valence-corrected chi connectivity index (χ1v) is 8.70. The summed E-state index contributed by atoms with van der Waals surface area (Å²) in [6, 6.07) is 16.2. The summed E-state index contributed by atoms with van der Waals surface area (Å²) in [7, 11) is 3.77. The summed E-state index contributed by atoms with van der Waals surface area (Å²) in [5.74, 6) is 0.768. The van der Waals surface area contributed by atoms with Crippen LogP contribution >= 0.6 is 0 Å². The predicted molar refractivity (Wildman–Crippen MR) is 109 cm³/mol. The molecule has 2 aromatic carbocycles. The molecule has 0 aromatic heterocycles. The van der Waals surface area contributed by atoms with E-state index in [1.165, 1.54) is 11.1 Å². The molecule has 3 heteroatoms. The molecule has 0 N–H and O–H groups in total. The molecule has 0 aliphatic carbocycles. The van der Waals surface area contributed by atoms with Crippen LogP contribution in [0.5, 0.6) is 5.75 Å². The molecule has 0 amide bonds. The van der Waals surface area contributed by atoms with Gasteiger partial charge in [-0.3, -0.25) is 0 Å².